The standard InChI is InChI=1S/C16H25NO5/c1-11(2)6-5-7-12(3)8-9-17-15(19)10-14(16(20)21)22-13(4)18/h6,8,14H,5,7,9-10H2,1-4H3,(H,17,19)(H,20,21). The molecule has 0 saturated carbocycles. The van der Waals surface area contributed by atoms with Crippen molar-refractivity contribution in [3.05, 3.63) is 23.3 Å². The van der Waals surface area contributed by atoms with Crippen molar-refractivity contribution in [2.75, 3.05) is 6.54 Å². The highest BCUT2D eigenvalue weighted by molar-refractivity contribution is 5.85. The van der Waals surface area contributed by atoms with Gasteiger partial charge in [0.1, 0.15) is 0 Å². The zero-order valence-electron chi connectivity index (χ0n) is 13.6. The number of hydrogen-bond donors (Lipinski definition) is 2. The first-order valence-corrected chi connectivity index (χ1v) is 7.18. The van der Waals surface area contributed by atoms with Crippen molar-refractivity contribution < 1.29 is 24.2 Å². The van der Waals surface area contributed by atoms with Gasteiger partial charge in [-0.05, 0) is 33.6 Å². The molecule has 0 aromatic heterocycles. The lowest BCUT2D eigenvalue weighted by Gasteiger charge is -2.11. The normalized spacial score (nSPS) is 12.3. The average Bonchev–Trinajstić information content (AvgIpc) is 2.36. The monoisotopic (exact) mass is 311 g/mol. The van der Waals surface area contributed by atoms with Crippen LogP contribution in [0.4, 0.5) is 0 Å². The van der Waals surface area contributed by atoms with Crippen LogP contribution < -0.4 is 5.32 Å². The van der Waals surface area contributed by atoms with Crippen LogP contribution in [-0.4, -0.2) is 35.6 Å². The van der Waals surface area contributed by atoms with Gasteiger partial charge in [0.05, 0.1) is 6.42 Å². The van der Waals surface area contributed by atoms with Crippen LogP contribution in [0.2, 0.25) is 0 Å². The molecule has 0 aliphatic carbocycles. The molecule has 1 unspecified atom stereocenters. The summed E-state index contributed by atoms with van der Waals surface area (Å²) in [6.07, 6.45) is 4.06. The van der Waals surface area contributed by atoms with Crippen molar-refractivity contribution in [1.82, 2.24) is 5.32 Å². The number of rotatable bonds is 9. The Morgan fingerprint density at radius 3 is 2.27 bits per heavy atom. The lowest BCUT2D eigenvalue weighted by molar-refractivity contribution is -0.164. The van der Waals surface area contributed by atoms with Gasteiger partial charge in [0.2, 0.25) is 12.0 Å². The van der Waals surface area contributed by atoms with Crippen LogP contribution in [0.15, 0.2) is 23.3 Å². The van der Waals surface area contributed by atoms with Crippen LogP contribution >= 0.6 is 0 Å². The van der Waals surface area contributed by atoms with Gasteiger partial charge in [0.25, 0.3) is 0 Å². The number of esters is 1. The smallest absolute Gasteiger partial charge is 0.345 e. The quantitative estimate of drug-likeness (QED) is 0.503. The highest BCUT2D eigenvalue weighted by Gasteiger charge is 2.23. The van der Waals surface area contributed by atoms with Crippen LogP contribution in [0.25, 0.3) is 0 Å². The van der Waals surface area contributed by atoms with E-state index in [2.05, 4.69) is 16.1 Å². The molecule has 124 valence electrons. The van der Waals surface area contributed by atoms with Gasteiger partial charge in [-0.1, -0.05) is 23.3 Å². The van der Waals surface area contributed by atoms with Gasteiger partial charge in [0.15, 0.2) is 0 Å². The molecule has 6 heteroatoms. The number of hydrogen-bond acceptors (Lipinski definition) is 4. The third kappa shape index (κ3) is 10.7. The van der Waals surface area contributed by atoms with Gasteiger partial charge in [-0.15, -0.1) is 0 Å². The maximum atomic E-state index is 11.6. The first kappa shape index (κ1) is 19.9. The molecule has 1 atom stereocenters. The molecule has 0 fully saturated rings. The molecule has 6 nitrogen and oxygen atoms in total. The third-order valence-corrected chi connectivity index (χ3v) is 2.80. The number of carbonyl (C=O) groups is 3. The minimum absolute atomic E-state index is 0.325. The maximum Gasteiger partial charge on any atom is 0.345 e. The molecule has 22 heavy (non-hydrogen) atoms. The molecule has 0 bridgehead atoms. The number of nitrogens with one attached hydrogen (secondary N) is 1. The molecule has 1 amide bonds. The number of ether oxygens (including phenoxy) is 1. The predicted octanol–water partition coefficient (Wildman–Crippen LogP) is 2.20. The second-order valence-electron chi connectivity index (χ2n) is 5.32. The van der Waals surface area contributed by atoms with Gasteiger partial charge in [-0.25, -0.2) is 4.79 Å². The molecule has 0 saturated heterocycles. The second-order valence-corrected chi connectivity index (χ2v) is 5.32. The first-order valence-electron chi connectivity index (χ1n) is 7.18. The molecule has 0 spiro atoms. The number of aliphatic carboxylic acids is 1. The summed E-state index contributed by atoms with van der Waals surface area (Å²) in [6.45, 7) is 7.49. The Hall–Kier alpha value is -2.11. The largest absolute Gasteiger partial charge is 0.478 e. The van der Waals surface area contributed by atoms with E-state index in [1.165, 1.54) is 5.57 Å². The fraction of sp³-hybridized carbons (Fsp3) is 0.562. The number of allylic oxidation sites excluding steroid dienone is 3. The van der Waals surface area contributed by atoms with Gasteiger partial charge >= 0.3 is 11.9 Å². The van der Waals surface area contributed by atoms with Crippen molar-refractivity contribution in [2.45, 2.75) is 53.1 Å². The van der Waals surface area contributed by atoms with Crippen LogP contribution in [0.3, 0.4) is 0 Å². The topological polar surface area (TPSA) is 92.7 Å². The molecule has 2 N–H and O–H groups in total. The van der Waals surface area contributed by atoms with E-state index in [0.717, 1.165) is 25.3 Å². The number of carboxylic acids is 1. The van der Waals surface area contributed by atoms with Gasteiger partial charge in [-0.2, -0.15) is 0 Å². The SMILES string of the molecule is CC(=O)OC(CC(=O)NCC=C(C)CCC=C(C)C)C(=O)O. The summed E-state index contributed by atoms with van der Waals surface area (Å²) in [5, 5.41) is 11.4. The van der Waals surface area contributed by atoms with E-state index >= 15 is 0 Å². The van der Waals surface area contributed by atoms with Gasteiger partial charge in [0, 0.05) is 13.5 Å². The average molecular weight is 311 g/mol. The van der Waals surface area contributed by atoms with Gasteiger partial charge < -0.3 is 15.2 Å². The Balaban J connectivity index is 4.18. The Morgan fingerprint density at radius 1 is 1.14 bits per heavy atom. The highest BCUT2D eigenvalue weighted by Crippen LogP contribution is 2.06. The lowest BCUT2D eigenvalue weighted by atomic mass is 10.1. The van der Waals surface area contributed by atoms with E-state index in [9.17, 15) is 14.4 Å². The van der Waals surface area contributed by atoms with Crippen LogP contribution in [-0.2, 0) is 19.1 Å². The second kappa shape index (κ2) is 10.6. The minimum Gasteiger partial charge on any atom is -0.478 e. The van der Waals surface area contributed by atoms with E-state index in [1.54, 1.807) is 0 Å². The summed E-state index contributed by atoms with van der Waals surface area (Å²) < 4.78 is 4.56. The van der Waals surface area contributed by atoms with E-state index in [4.69, 9.17) is 5.11 Å². The summed E-state index contributed by atoms with van der Waals surface area (Å²) >= 11 is 0. The van der Waals surface area contributed by atoms with Crippen molar-refractivity contribution >= 4 is 17.8 Å². The predicted molar refractivity (Wildman–Crippen MR) is 83.2 cm³/mol. The van der Waals surface area contributed by atoms with Crippen molar-refractivity contribution in [3.8, 4) is 0 Å². The Morgan fingerprint density at radius 2 is 1.77 bits per heavy atom. The third-order valence-electron chi connectivity index (χ3n) is 2.80. The van der Waals surface area contributed by atoms with Gasteiger partial charge in [-0.3, -0.25) is 9.59 Å². The molecule has 0 rings (SSSR count). The summed E-state index contributed by atoms with van der Waals surface area (Å²) in [5.41, 5.74) is 2.42. The summed E-state index contributed by atoms with van der Waals surface area (Å²) in [6, 6.07) is 0. The zero-order valence-corrected chi connectivity index (χ0v) is 13.6. The molecule has 0 aromatic carbocycles. The molecule has 0 aliphatic heterocycles. The fourth-order valence-corrected chi connectivity index (χ4v) is 1.65. The van der Waals surface area contributed by atoms with E-state index in [0.29, 0.717) is 6.54 Å². The number of carbonyl (C=O) groups excluding carboxylic acids is 2. The van der Waals surface area contributed by atoms with Crippen LogP contribution in [0.5, 0.6) is 0 Å². The number of carboxylic acid groups (broad SMARTS) is 1. The fourth-order valence-electron chi connectivity index (χ4n) is 1.65. The number of amides is 1. The molecule has 0 radical (unpaired) electrons. The molecular weight excluding hydrogens is 286 g/mol. The van der Waals surface area contributed by atoms with Crippen molar-refractivity contribution in [3.63, 3.8) is 0 Å². The molecule has 0 aromatic rings. The Labute approximate surface area is 131 Å². The van der Waals surface area contributed by atoms with E-state index in [-0.39, 0.29) is 6.42 Å². The first-order chi connectivity index (χ1) is 10.2. The van der Waals surface area contributed by atoms with Crippen LogP contribution in [0, 0.1) is 0 Å². The van der Waals surface area contributed by atoms with Crippen LogP contribution in [0.1, 0.15) is 47.0 Å². The summed E-state index contributed by atoms with van der Waals surface area (Å²) in [5.74, 6) is -2.53. The highest BCUT2D eigenvalue weighted by atomic mass is 16.6. The zero-order chi connectivity index (χ0) is 17.1. The minimum atomic E-state index is -1.44. The molecular formula is C16H25NO5. The Kier molecular flexibility index (Phi) is 9.58. The van der Waals surface area contributed by atoms with E-state index < -0.39 is 23.9 Å². The van der Waals surface area contributed by atoms with Crippen molar-refractivity contribution in [1.29, 1.82) is 0 Å². The lowest BCUT2D eigenvalue weighted by Crippen LogP contribution is -2.34. The molecule has 0 aliphatic rings. The maximum absolute atomic E-state index is 11.6. The molecule has 0 heterocycles. The Bertz CT molecular complexity index is 461. The summed E-state index contributed by atoms with van der Waals surface area (Å²) in [4.78, 5) is 33.2. The van der Waals surface area contributed by atoms with Crippen molar-refractivity contribution in [2.24, 2.45) is 0 Å². The van der Waals surface area contributed by atoms with E-state index in [1.807, 2.05) is 26.8 Å². The summed E-state index contributed by atoms with van der Waals surface area (Å²) in [7, 11) is 0.